The van der Waals surface area contributed by atoms with Gasteiger partial charge in [-0.05, 0) is 29.7 Å². The summed E-state index contributed by atoms with van der Waals surface area (Å²) in [5, 5.41) is 10.2. The lowest BCUT2D eigenvalue weighted by Crippen LogP contribution is -2.18. The molecule has 3 nitrogen and oxygen atoms in total. The summed E-state index contributed by atoms with van der Waals surface area (Å²) in [5.41, 5.74) is 2.25. The number of benzene rings is 2. The van der Waals surface area contributed by atoms with Crippen LogP contribution in [0.1, 0.15) is 24.5 Å². The molecule has 2 aromatic rings. The molecule has 0 fully saturated rings. The van der Waals surface area contributed by atoms with Crippen molar-refractivity contribution in [2.75, 3.05) is 13.7 Å². The highest BCUT2D eigenvalue weighted by Crippen LogP contribution is 2.14. The number of methoxy groups -OCH3 is 1. The molecule has 0 bridgehead atoms. The third kappa shape index (κ3) is 6.19. The Balaban J connectivity index is 1.68. The Labute approximate surface area is 144 Å². The maximum atomic E-state index is 10.2. The van der Waals surface area contributed by atoms with Gasteiger partial charge in [0.2, 0.25) is 0 Å². The fourth-order valence-electron chi connectivity index (χ4n) is 2.33. The first-order valence-electron chi connectivity index (χ1n) is 8.31. The number of aliphatic hydroxyl groups excluding tert-OH is 1. The van der Waals surface area contributed by atoms with E-state index in [1.165, 1.54) is 0 Å². The van der Waals surface area contributed by atoms with Gasteiger partial charge in [0.1, 0.15) is 5.75 Å². The maximum absolute atomic E-state index is 10.2. The zero-order chi connectivity index (χ0) is 17.2. The predicted octanol–water partition coefficient (Wildman–Crippen LogP) is 4.31. The first kappa shape index (κ1) is 18.2. The van der Waals surface area contributed by atoms with Gasteiger partial charge in [-0.1, -0.05) is 61.5 Å². The van der Waals surface area contributed by atoms with Crippen molar-refractivity contribution < 1.29 is 14.6 Å². The van der Waals surface area contributed by atoms with Crippen LogP contribution in [0.15, 0.2) is 60.7 Å². The summed E-state index contributed by atoms with van der Waals surface area (Å²) < 4.78 is 10.8. The highest BCUT2D eigenvalue weighted by Gasteiger charge is 2.11. The fraction of sp³-hybridized carbons (Fsp3) is 0.333. The molecule has 0 heterocycles. The SMILES string of the molecule is COc1ccc(COCC[C@H](O)[C@H](C)/C=C/c2ccccc2)cc1. The van der Waals surface area contributed by atoms with Crippen LogP contribution in [0.5, 0.6) is 5.75 Å². The lowest BCUT2D eigenvalue weighted by atomic mass is 10.0. The molecular weight excluding hydrogens is 300 g/mol. The summed E-state index contributed by atoms with van der Waals surface area (Å²) in [6.45, 7) is 3.11. The van der Waals surface area contributed by atoms with Gasteiger partial charge in [0.25, 0.3) is 0 Å². The maximum Gasteiger partial charge on any atom is 0.118 e. The average Bonchev–Trinajstić information content (AvgIpc) is 2.64. The summed E-state index contributed by atoms with van der Waals surface area (Å²) >= 11 is 0. The number of aliphatic hydroxyl groups is 1. The van der Waals surface area contributed by atoms with E-state index in [9.17, 15) is 5.11 Å². The van der Waals surface area contributed by atoms with Crippen LogP contribution in [0.25, 0.3) is 6.08 Å². The minimum absolute atomic E-state index is 0.0924. The Morgan fingerprint density at radius 2 is 1.75 bits per heavy atom. The Kier molecular flexibility index (Phi) is 7.53. The van der Waals surface area contributed by atoms with Gasteiger partial charge in [-0.15, -0.1) is 0 Å². The standard InChI is InChI=1S/C21H26O3/c1-17(8-9-18-6-4-3-5-7-18)21(22)14-15-24-16-19-10-12-20(23-2)13-11-19/h3-13,17,21-22H,14-16H2,1-2H3/b9-8+/t17-,21+/m1/s1. The molecule has 1 N–H and O–H groups in total. The van der Waals surface area contributed by atoms with E-state index in [1.807, 2.05) is 73.7 Å². The second-order valence-corrected chi connectivity index (χ2v) is 5.89. The van der Waals surface area contributed by atoms with E-state index in [2.05, 4.69) is 0 Å². The van der Waals surface area contributed by atoms with Crippen molar-refractivity contribution in [1.82, 2.24) is 0 Å². The van der Waals surface area contributed by atoms with E-state index in [1.54, 1.807) is 7.11 Å². The third-order valence-corrected chi connectivity index (χ3v) is 3.98. The van der Waals surface area contributed by atoms with Gasteiger partial charge in [-0.25, -0.2) is 0 Å². The van der Waals surface area contributed by atoms with Gasteiger partial charge in [0.05, 0.1) is 19.8 Å². The number of hydrogen-bond acceptors (Lipinski definition) is 3. The quantitative estimate of drug-likeness (QED) is 0.698. The molecule has 0 aliphatic carbocycles. The highest BCUT2D eigenvalue weighted by atomic mass is 16.5. The van der Waals surface area contributed by atoms with Crippen molar-refractivity contribution in [3.63, 3.8) is 0 Å². The molecule has 0 aliphatic heterocycles. The molecule has 2 aromatic carbocycles. The topological polar surface area (TPSA) is 38.7 Å². The van der Waals surface area contributed by atoms with Gasteiger partial charge in [0.15, 0.2) is 0 Å². The number of ether oxygens (including phenoxy) is 2. The summed E-state index contributed by atoms with van der Waals surface area (Å²) in [6, 6.07) is 17.9. The predicted molar refractivity (Wildman–Crippen MR) is 97.9 cm³/mol. The van der Waals surface area contributed by atoms with E-state index >= 15 is 0 Å². The second-order valence-electron chi connectivity index (χ2n) is 5.89. The smallest absolute Gasteiger partial charge is 0.118 e. The normalized spacial score (nSPS) is 13.8. The van der Waals surface area contributed by atoms with Crippen molar-refractivity contribution in [3.8, 4) is 5.75 Å². The van der Waals surface area contributed by atoms with E-state index < -0.39 is 6.10 Å². The number of hydrogen-bond donors (Lipinski definition) is 1. The van der Waals surface area contributed by atoms with Gasteiger partial charge < -0.3 is 14.6 Å². The Morgan fingerprint density at radius 3 is 2.42 bits per heavy atom. The van der Waals surface area contributed by atoms with E-state index in [-0.39, 0.29) is 5.92 Å². The largest absolute Gasteiger partial charge is 0.497 e. The lowest BCUT2D eigenvalue weighted by Gasteiger charge is -2.15. The van der Waals surface area contributed by atoms with Crippen LogP contribution >= 0.6 is 0 Å². The van der Waals surface area contributed by atoms with Crippen molar-refractivity contribution in [2.45, 2.75) is 26.1 Å². The van der Waals surface area contributed by atoms with Gasteiger partial charge in [-0.3, -0.25) is 0 Å². The molecule has 0 aromatic heterocycles. The van der Waals surface area contributed by atoms with Crippen molar-refractivity contribution in [3.05, 3.63) is 71.8 Å². The zero-order valence-corrected chi connectivity index (χ0v) is 14.4. The summed E-state index contributed by atoms with van der Waals surface area (Å²) in [5.74, 6) is 0.933. The molecule has 0 spiro atoms. The second kappa shape index (κ2) is 9.91. The molecule has 128 valence electrons. The van der Waals surface area contributed by atoms with Crippen molar-refractivity contribution >= 4 is 6.08 Å². The Morgan fingerprint density at radius 1 is 1.04 bits per heavy atom. The molecule has 2 atom stereocenters. The minimum atomic E-state index is -0.402. The molecule has 24 heavy (non-hydrogen) atoms. The van der Waals surface area contributed by atoms with Crippen LogP contribution in [-0.4, -0.2) is 24.9 Å². The van der Waals surface area contributed by atoms with Crippen LogP contribution in [0.4, 0.5) is 0 Å². The zero-order valence-electron chi connectivity index (χ0n) is 14.4. The molecule has 0 unspecified atom stereocenters. The molecule has 0 radical (unpaired) electrons. The van der Waals surface area contributed by atoms with Crippen LogP contribution in [0, 0.1) is 5.92 Å². The minimum Gasteiger partial charge on any atom is -0.497 e. The Hall–Kier alpha value is -2.10. The van der Waals surface area contributed by atoms with Gasteiger partial charge >= 0.3 is 0 Å². The summed E-state index contributed by atoms with van der Waals surface area (Å²) in [7, 11) is 1.65. The van der Waals surface area contributed by atoms with E-state index in [4.69, 9.17) is 9.47 Å². The first-order chi connectivity index (χ1) is 11.7. The Bertz CT molecular complexity index is 605. The molecule has 2 rings (SSSR count). The van der Waals surface area contributed by atoms with E-state index in [0.717, 1.165) is 16.9 Å². The molecule has 0 saturated carbocycles. The molecular formula is C21H26O3. The van der Waals surface area contributed by atoms with Crippen LogP contribution in [-0.2, 0) is 11.3 Å². The summed E-state index contributed by atoms with van der Waals surface area (Å²) in [4.78, 5) is 0. The van der Waals surface area contributed by atoms with Crippen LogP contribution < -0.4 is 4.74 Å². The fourth-order valence-corrected chi connectivity index (χ4v) is 2.33. The molecule has 0 saturated heterocycles. The average molecular weight is 326 g/mol. The van der Waals surface area contributed by atoms with Crippen LogP contribution in [0.3, 0.4) is 0 Å². The third-order valence-electron chi connectivity index (χ3n) is 3.98. The monoisotopic (exact) mass is 326 g/mol. The number of rotatable bonds is 9. The summed E-state index contributed by atoms with van der Waals surface area (Å²) in [6.07, 6.45) is 4.31. The van der Waals surface area contributed by atoms with Crippen molar-refractivity contribution in [1.29, 1.82) is 0 Å². The highest BCUT2D eigenvalue weighted by molar-refractivity contribution is 5.48. The van der Waals surface area contributed by atoms with Gasteiger partial charge in [0, 0.05) is 12.5 Å². The molecule has 0 amide bonds. The van der Waals surface area contributed by atoms with Gasteiger partial charge in [-0.2, -0.15) is 0 Å². The van der Waals surface area contributed by atoms with E-state index in [0.29, 0.717) is 19.6 Å². The first-order valence-corrected chi connectivity index (χ1v) is 8.31. The lowest BCUT2D eigenvalue weighted by molar-refractivity contribution is 0.0591. The van der Waals surface area contributed by atoms with Crippen LogP contribution in [0.2, 0.25) is 0 Å². The molecule has 0 aliphatic rings. The molecule has 3 heteroatoms. The van der Waals surface area contributed by atoms with Crippen molar-refractivity contribution in [2.24, 2.45) is 5.92 Å².